The van der Waals surface area contributed by atoms with Crippen LogP contribution in [0.25, 0.3) is 0 Å². The molecule has 0 aromatic carbocycles. The number of piperazine rings is 1. The summed E-state index contributed by atoms with van der Waals surface area (Å²) in [6.45, 7) is 4.70. The molecule has 118 valence electrons. The van der Waals surface area contributed by atoms with Crippen LogP contribution in [0.5, 0.6) is 0 Å². The van der Waals surface area contributed by atoms with Gasteiger partial charge in [-0.3, -0.25) is 4.79 Å². The molecule has 0 unspecified atom stereocenters. The molecular weight excluding hydrogens is 312 g/mol. The van der Waals surface area contributed by atoms with Crippen molar-refractivity contribution in [3.8, 4) is 0 Å². The van der Waals surface area contributed by atoms with E-state index in [1.165, 1.54) is 22.8 Å². The van der Waals surface area contributed by atoms with Gasteiger partial charge in [0.2, 0.25) is 0 Å². The molecule has 0 spiro atoms. The highest BCUT2D eigenvalue weighted by Gasteiger charge is 2.29. The molecule has 2 rings (SSSR count). The summed E-state index contributed by atoms with van der Waals surface area (Å²) in [5.74, 6) is -0.237. The van der Waals surface area contributed by atoms with Crippen LogP contribution in [0.2, 0.25) is 0 Å². The van der Waals surface area contributed by atoms with Gasteiger partial charge in [0.1, 0.15) is 4.21 Å². The maximum atomic E-state index is 12.5. The molecule has 8 heteroatoms. The van der Waals surface area contributed by atoms with Gasteiger partial charge in [-0.05, 0) is 19.1 Å². The number of carbonyl (C=O) groups is 1. The Hall–Kier alpha value is -0.960. The Morgan fingerprint density at radius 3 is 2.48 bits per heavy atom. The van der Waals surface area contributed by atoms with Crippen LogP contribution in [0.1, 0.15) is 11.3 Å². The predicted molar refractivity (Wildman–Crippen MR) is 80.9 cm³/mol. The number of methoxy groups -OCH3 is 1. The van der Waals surface area contributed by atoms with Crippen LogP contribution in [0.15, 0.2) is 16.3 Å². The van der Waals surface area contributed by atoms with Crippen molar-refractivity contribution in [3.63, 3.8) is 0 Å². The largest absolute Gasteiger partial charge is 0.469 e. The summed E-state index contributed by atoms with van der Waals surface area (Å²) in [5.41, 5.74) is 0. The number of sulfonamides is 1. The second-order valence-corrected chi connectivity index (χ2v) is 8.39. The lowest BCUT2D eigenvalue weighted by Gasteiger charge is -2.33. The third kappa shape index (κ3) is 4.03. The van der Waals surface area contributed by atoms with Crippen LogP contribution >= 0.6 is 11.3 Å². The molecule has 21 heavy (non-hydrogen) atoms. The van der Waals surface area contributed by atoms with Gasteiger partial charge in [-0.2, -0.15) is 4.31 Å². The summed E-state index contributed by atoms with van der Waals surface area (Å²) < 4.78 is 31.5. The summed E-state index contributed by atoms with van der Waals surface area (Å²) in [5, 5.41) is 0. The van der Waals surface area contributed by atoms with E-state index in [0.29, 0.717) is 43.4 Å². The molecule has 0 bridgehead atoms. The Bertz CT molecular complexity index is 589. The van der Waals surface area contributed by atoms with E-state index in [-0.39, 0.29) is 5.97 Å². The maximum absolute atomic E-state index is 12.5. The quantitative estimate of drug-likeness (QED) is 0.750. The zero-order valence-electron chi connectivity index (χ0n) is 12.2. The van der Waals surface area contributed by atoms with E-state index in [4.69, 9.17) is 0 Å². The van der Waals surface area contributed by atoms with Gasteiger partial charge < -0.3 is 9.64 Å². The van der Waals surface area contributed by atoms with E-state index in [1.807, 2.05) is 13.0 Å². The van der Waals surface area contributed by atoms with Crippen molar-refractivity contribution in [1.29, 1.82) is 0 Å². The van der Waals surface area contributed by atoms with E-state index >= 15 is 0 Å². The first-order valence-corrected chi connectivity index (χ1v) is 9.05. The number of rotatable bonds is 5. The van der Waals surface area contributed by atoms with Crippen molar-refractivity contribution in [2.75, 3.05) is 39.8 Å². The number of hydrogen-bond acceptors (Lipinski definition) is 6. The summed E-state index contributed by atoms with van der Waals surface area (Å²) in [4.78, 5) is 14.2. The summed E-state index contributed by atoms with van der Waals surface area (Å²) in [6, 6.07) is 3.49. The first kappa shape index (κ1) is 16.4. The molecule has 1 aliphatic rings. The first-order chi connectivity index (χ1) is 9.93. The average Bonchev–Trinajstić information content (AvgIpc) is 2.92. The minimum Gasteiger partial charge on any atom is -0.469 e. The molecule has 0 aliphatic carbocycles. The van der Waals surface area contributed by atoms with Crippen LogP contribution < -0.4 is 0 Å². The topological polar surface area (TPSA) is 66.9 Å². The third-order valence-corrected chi connectivity index (χ3v) is 6.87. The monoisotopic (exact) mass is 332 g/mol. The van der Waals surface area contributed by atoms with Crippen molar-refractivity contribution < 1.29 is 17.9 Å². The second-order valence-electron chi connectivity index (χ2n) is 4.94. The molecule has 6 nitrogen and oxygen atoms in total. The van der Waals surface area contributed by atoms with Gasteiger partial charge in [-0.15, -0.1) is 11.3 Å². The predicted octanol–water partition coefficient (Wildman–Crippen LogP) is 0.926. The summed E-state index contributed by atoms with van der Waals surface area (Å²) in [6.07, 6.45) is 0.341. The van der Waals surface area contributed by atoms with Crippen molar-refractivity contribution in [1.82, 2.24) is 9.21 Å². The number of hydrogen-bond donors (Lipinski definition) is 0. The number of esters is 1. The summed E-state index contributed by atoms with van der Waals surface area (Å²) in [7, 11) is -2.00. The van der Waals surface area contributed by atoms with Gasteiger partial charge in [-0.1, -0.05) is 0 Å². The Balaban J connectivity index is 1.90. The molecule has 1 aliphatic heterocycles. The number of thiophene rings is 1. The van der Waals surface area contributed by atoms with Gasteiger partial charge in [0, 0.05) is 37.6 Å². The molecule has 0 radical (unpaired) electrons. The lowest BCUT2D eigenvalue weighted by atomic mass is 10.3. The number of aryl methyl sites for hydroxylation is 1. The van der Waals surface area contributed by atoms with Crippen LogP contribution in [-0.4, -0.2) is 63.4 Å². The van der Waals surface area contributed by atoms with Gasteiger partial charge in [0.25, 0.3) is 10.0 Å². The molecule has 0 atom stereocenters. The fourth-order valence-corrected chi connectivity index (χ4v) is 5.08. The van der Waals surface area contributed by atoms with Gasteiger partial charge in [-0.25, -0.2) is 8.42 Å². The fourth-order valence-electron chi connectivity index (χ4n) is 2.22. The van der Waals surface area contributed by atoms with Gasteiger partial charge in [0.05, 0.1) is 13.5 Å². The molecular formula is C13H20N2O4S2. The van der Waals surface area contributed by atoms with Crippen molar-refractivity contribution in [2.24, 2.45) is 0 Å². The molecule has 0 N–H and O–H groups in total. The highest BCUT2D eigenvalue weighted by Crippen LogP contribution is 2.25. The van der Waals surface area contributed by atoms with Gasteiger partial charge in [0.15, 0.2) is 0 Å². The van der Waals surface area contributed by atoms with E-state index in [2.05, 4.69) is 9.64 Å². The van der Waals surface area contributed by atoms with Crippen molar-refractivity contribution in [2.45, 2.75) is 17.6 Å². The zero-order valence-corrected chi connectivity index (χ0v) is 13.9. The average molecular weight is 332 g/mol. The number of ether oxygens (including phenoxy) is 1. The summed E-state index contributed by atoms with van der Waals surface area (Å²) >= 11 is 1.30. The highest BCUT2D eigenvalue weighted by molar-refractivity contribution is 7.91. The molecule has 1 aromatic rings. The van der Waals surface area contributed by atoms with Crippen LogP contribution in [-0.2, 0) is 19.6 Å². The maximum Gasteiger partial charge on any atom is 0.306 e. The Labute approximate surface area is 129 Å². The Morgan fingerprint density at radius 1 is 1.29 bits per heavy atom. The van der Waals surface area contributed by atoms with Crippen LogP contribution in [0.4, 0.5) is 0 Å². The van der Waals surface area contributed by atoms with Gasteiger partial charge >= 0.3 is 5.97 Å². The minimum atomic E-state index is -3.37. The first-order valence-electron chi connectivity index (χ1n) is 6.79. The Kier molecular flexibility index (Phi) is 5.37. The highest BCUT2D eigenvalue weighted by atomic mass is 32.2. The van der Waals surface area contributed by atoms with Crippen molar-refractivity contribution in [3.05, 3.63) is 17.0 Å². The van der Waals surface area contributed by atoms with Crippen molar-refractivity contribution >= 4 is 27.3 Å². The van der Waals surface area contributed by atoms with E-state index < -0.39 is 10.0 Å². The fraction of sp³-hybridized carbons (Fsp3) is 0.615. The lowest BCUT2D eigenvalue weighted by molar-refractivity contribution is -0.141. The molecule has 1 fully saturated rings. The van der Waals surface area contributed by atoms with E-state index in [1.54, 1.807) is 6.07 Å². The molecule has 1 aromatic heterocycles. The lowest BCUT2D eigenvalue weighted by Crippen LogP contribution is -2.48. The smallest absolute Gasteiger partial charge is 0.306 e. The molecule has 1 saturated heterocycles. The zero-order chi connectivity index (χ0) is 15.5. The Morgan fingerprint density at radius 2 is 1.95 bits per heavy atom. The SMILES string of the molecule is COC(=O)CCN1CCN(S(=O)(=O)c2ccc(C)s2)CC1. The second kappa shape index (κ2) is 6.87. The standard InChI is InChI=1S/C13H20N2O4S2/c1-11-3-4-13(20-11)21(17,18)15-9-7-14(8-10-15)6-5-12(16)19-2/h3-4H,5-10H2,1-2H3. The third-order valence-electron chi connectivity index (χ3n) is 3.50. The number of nitrogens with zero attached hydrogens (tertiary/aromatic N) is 2. The van der Waals surface area contributed by atoms with Crippen LogP contribution in [0.3, 0.4) is 0 Å². The minimum absolute atomic E-state index is 0.237. The van der Waals surface area contributed by atoms with E-state index in [0.717, 1.165) is 4.88 Å². The molecule has 0 saturated carbocycles. The molecule has 2 heterocycles. The molecule has 0 amide bonds. The number of carbonyl (C=O) groups excluding carboxylic acids is 1. The van der Waals surface area contributed by atoms with Crippen LogP contribution in [0, 0.1) is 6.92 Å². The normalized spacial score (nSPS) is 17.8. The van der Waals surface area contributed by atoms with E-state index in [9.17, 15) is 13.2 Å².